The standard InChI is InChI=1S/C37H42N8O4.H2S/c1-23-18-42(27-21-49-22-27)9-10-43(23)26-5-6-33(39-17-26)40-30-13-25(19-41(4)35(30)47)28-7-8-38-34(29(28)20-46)45-12-11-44-31(36(45)48)14-24-15-37(2,3)16-32(24)44;/h5-8,11-14,17,19,23,27,46H,9-10,15-16,18,20-22H2,1-4H3,(H,39,40);1H2/t23-;/m0./s1/i4D3,20D;/t20?,23-;. The zero-order chi connectivity index (χ0) is 37.4. The molecule has 0 aromatic carbocycles. The van der Waals surface area contributed by atoms with E-state index in [4.69, 9.17) is 10.2 Å². The third-order valence-electron chi connectivity index (χ3n) is 10.1. The Morgan fingerprint density at radius 3 is 2.64 bits per heavy atom. The van der Waals surface area contributed by atoms with Crippen LogP contribution in [0.2, 0.25) is 0 Å². The molecule has 0 radical (unpaired) electrons. The summed E-state index contributed by atoms with van der Waals surface area (Å²) in [5.74, 6) is 0.352. The van der Waals surface area contributed by atoms with Crippen LogP contribution in [0.3, 0.4) is 0 Å². The van der Waals surface area contributed by atoms with Gasteiger partial charge in [0.2, 0.25) is 0 Å². The van der Waals surface area contributed by atoms with E-state index in [9.17, 15) is 14.7 Å². The lowest BCUT2D eigenvalue weighted by atomic mass is 9.90. The first-order chi connectivity index (χ1) is 25.2. The van der Waals surface area contributed by atoms with E-state index in [0.717, 1.165) is 62.6 Å². The molecule has 0 spiro atoms. The Bertz CT molecular complexity index is 2340. The molecule has 7 heterocycles. The molecule has 5 aromatic rings. The lowest BCUT2D eigenvalue weighted by Crippen LogP contribution is -2.59. The van der Waals surface area contributed by atoms with Crippen LogP contribution in [-0.2, 0) is 31.1 Å². The largest absolute Gasteiger partial charge is 0.392 e. The summed E-state index contributed by atoms with van der Waals surface area (Å²) in [6.45, 7) is 6.06. The zero-order valence-electron chi connectivity index (χ0n) is 32.3. The lowest BCUT2D eigenvalue weighted by Gasteiger charge is -2.46. The second kappa shape index (κ2) is 13.0. The zero-order valence-corrected chi connectivity index (χ0v) is 29.3. The molecule has 12 nitrogen and oxygen atoms in total. The number of nitrogens with zero attached hydrogens (tertiary/aromatic N) is 7. The van der Waals surface area contributed by atoms with E-state index < -0.39 is 19.1 Å². The van der Waals surface area contributed by atoms with Gasteiger partial charge in [-0.25, -0.2) is 9.97 Å². The number of aromatic nitrogens is 5. The molecule has 2 N–H and O–H groups in total. The van der Waals surface area contributed by atoms with Crippen LogP contribution < -0.4 is 21.3 Å². The first-order valence-electron chi connectivity index (χ1n) is 18.7. The first-order valence-corrected chi connectivity index (χ1v) is 16.6. The smallest absolute Gasteiger partial charge is 0.280 e. The van der Waals surface area contributed by atoms with Crippen LogP contribution in [0.5, 0.6) is 0 Å². The van der Waals surface area contributed by atoms with E-state index in [1.54, 1.807) is 24.7 Å². The van der Waals surface area contributed by atoms with Crippen LogP contribution in [0.25, 0.3) is 22.5 Å². The van der Waals surface area contributed by atoms with Crippen molar-refractivity contribution in [2.45, 2.75) is 52.3 Å². The summed E-state index contributed by atoms with van der Waals surface area (Å²) in [5.41, 5.74) is 2.83. The van der Waals surface area contributed by atoms with Gasteiger partial charge in [-0.05, 0) is 66.6 Å². The molecule has 3 aliphatic rings. The van der Waals surface area contributed by atoms with Crippen molar-refractivity contribution in [2.24, 2.45) is 12.4 Å². The number of aryl methyl sites for hydroxylation is 1. The van der Waals surface area contributed by atoms with Crippen LogP contribution in [-0.4, -0.2) is 78.4 Å². The summed E-state index contributed by atoms with van der Waals surface area (Å²) < 4.78 is 42.1. The van der Waals surface area contributed by atoms with Crippen LogP contribution >= 0.6 is 13.5 Å². The third-order valence-corrected chi connectivity index (χ3v) is 10.1. The summed E-state index contributed by atoms with van der Waals surface area (Å²) in [5, 5.41) is 13.9. The highest BCUT2D eigenvalue weighted by molar-refractivity contribution is 7.59. The fraction of sp³-hybridized carbons (Fsp3) is 0.405. The number of rotatable bonds is 7. The Hall–Kier alpha value is -4.43. The Kier molecular flexibility index (Phi) is 7.64. The van der Waals surface area contributed by atoms with Crippen molar-refractivity contribution >= 4 is 36.2 Å². The molecule has 50 heavy (non-hydrogen) atoms. The molecule has 0 amide bonds. The highest BCUT2D eigenvalue weighted by Crippen LogP contribution is 2.37. The minimum atomic E-state index is -2.85. The maximum Gasteiger partial charge on any atom is 0.280 e. The highest BCUT2D eigenvalue weighted by Gasteiger charge is 2.33. The van der Waals surface area contributed by atoms with Gasteiger partial charge in [-0.15, -0.1) is 0 Å². The molecule has 2 saturated heterocycles. The summed E-state index contributed by atoms with van der Waals surface area (Å²) in [6.07, 6.45) is 9.34. The van der Waals surface area contributed by atoms with Crippen molar-refractivity contribution in [1.82, 2.24) is 28.4 Å². The highest BCUT2D eigenvalue weighted by atomic mass is 32.1. The van der Waals surface area contributed by atoms with E-state index in [-0.39, 0.29) is 58.7 Å². The van der Waals surface area contributed by atoms with E-state index in [2.05, 4.69) is 45.9 Å². The van der Waals surface area contributed by atoms with Crippen molar-refractivity contribution in [1.29, 1.82) is 0 Å². The van der Waals surface area contributed by atoms with Gasteiger partial charge in [0.25, 0.3) is 11.1 Å². The van der Waals surface area contributed by atoms with Crippen molar-refractivity contribution < 1.29 is 15.3 Å². The molecular formula is C37H44N8O4S. The molecule has 0 saturated carbocycles. The topological polar surface area (TPSA) is 122 Å². The average Bonchev–Trinajstić information content (AvgIpc) is 3.57. The average molecular weight is 701 g/mol. The minimum Gasteiger partial charge on any atom is -0.392 e. The molecular weight excluding hydrogens is 653 g/mol. The van der Waals surface area contributed by atoms with Crippen molar-refractivity contribution in [2.75, 3.05) is 43.1 Å². The summed E-state index contributed by atoms with van der Waals surface area (Å²) in [6, 6.07) is 9.26. The Labute approximate surface area is 303 Å². The molecule has 2 fully saturated rings. The van der Waals surface area contributed by atoms with Crippen molar-refractivity contribution in [3.8, 4) is 16.9 Å². The number of piperazine rings is 1. The van der Waals surface area contributed by atoms with Gasteiger partial charge in [-0.1, -0.05) is 13.8 Å². The summed E-state index contributed by atoms with van der Waals surface area (Å²) in [4.78, 5) is 41.2. The number of fused-ring (bicyclic) bond motifs is 3. The van der Waals surface area contributed by atoms with Gasteiger partial charge in [0.05, 0.1) is 39.1 Å². The van der Waals surface area contributed by atoms with Gasteiger partial charge >= 0.3 is 0 Å². The molecule has 13 heteroatoms. The number of hydrogen-bond acceptors (Lipinski definition) is 9. The van der Waals surface area contributed by atoms with Gasteiger partial charge in [0.1, 0.15) is 22.8 Å². The van der Waals surface area contributed by atoms with Gasteiger partial charge in [-0.2, -0.15) is 13.5 Å². The molecule has 2 atom stereocenters. The number of anilines is 3. The van der Waals surface area contributed by atoms with Crippen LogP contribution in [0.1, 0.15) is 43.1 Å². The SMILES string of the molecule is S.[2H]C(O)c1c(-c2cc(Nc3ccc(N4CCN(C5COC5)C[C@@H]4C)cn3)c(=O)n(C([2H])([2H])[2H])c2)ccnc1-n1ccn2c3c(cc2c1=O)CC(C)(C)C3. The predicted octanol–water partition coefficient (Wildman–Crippen LogP) is 3.63. The molecule has 5 aromatic heterocycles. The first kappa shape index (κ1) is 29.3. The molecule has 2 aliphatic heterocycles. The Morgan fingerprint density at radius 2 is 1.94 bits per heavy atom. The Morgan fingerprint density at radius 1 is 1.10 bits per heavy atom. The van der Waals surface area contributed by atoms with Crippen molar-refractivity contribution in [3.05, 3.63) is 98.8 Å². The number of aliphatic hydroxyl groups excluding tert-OH is 1. The van der Waals surface area contributed by atoms with Crippen LogP contribution in [0.4, 0.5) is 17.2 Å². The van der Waals surface area contributed by atoms with Gasteiger partial charge in [-0.3, -0.25) is 19.1 Å². The van der Waals surface area contributed by atoms with Crippen LogP contribution in [0, 0.1) is 5.41 Å². The summed E-state index contributed by atoms with van der Waals surface area (Å²) >= 11 is 0. The quantitative estimate of drug-likeness (QED) is 0.262. The van der Waals surface area contributed by atoms with Crippen molar-refractivity contribution in [3.63, 3.8) is 0 Å². The Balaban J connectivity index is 0.00000450. The molecule has 8 rings (SSSR count). The number of pyridine rings is 3. The molecule has 0 bridgehead atoms. The summed E-state index contributed by atoms with van der Waals surface area (Å²) in [7, 11) is 0. The number of aliphatic hydroxyl groups is 1. The normalized spacial score (nSPS) is 21.0. The van der Waals surface area contributed by atoms with Gasteiger partial charge in [0, 0.05) is 78.4 Å². The third kappa shape index (κ3) is 5.91. The van der Waals surface area contributed by atoms with E-state index >= 15 is 0 Å². The van der Waals surface area contributed by atoms with Gasteiger partial charge in [0.15, 0.2) is 0 Å². The molecule has 1 aliphatic carbocycles. The maximum atomic E-state index is 13.9. The minimum absolute atomic E-state index is 0. The lowest BCUT2D eigenvalue weighted by molar-refractivity contribution is -0.0691. The fourth-order valence-electron chi connectivity index (χ4n) is 7.58. The number of nitrogens with one attached hydrogen (secondary N) is 1. The fourth-order valence-corrected chi connectivity index (χ4v) is 7.58. The van der Waals surface area contributed by atoms with Gasteiger partial charge < -0.3 is 29.0 Å². The van der Waals surface area contributed by atoms with E-state index in [0.29, 0.717) is 21.9 Å². The molecule has 1 unspecified atom stereocenters. The van der Waals surface area contributed by atoms with E-state index in [1.165, 1.54) is 29.1 Å². The van der Waals surface area contributed by atoms with E-state index in [1.807, 2.05) is 16.5 Å². The maximum absolute atomic E-state index is 13.9. The monoisotopic (exact) mass is 700 g/mol. The number of ether oxygens (including phenoxy) is 1. The predicted molar refractivity (Wildman–Crippen MR) is 199 cm³/mol. The second-order valence-corrected chi connectivity index (χ2v) is 14.2. The second-order valence-electron chi connectivity index (χ2n) is 14.2. The van der Waals surface area contributed by atoms with Crippen LogP contribution in [0.15, 0.2) is 70.9 Å². The number of hydrogen-bond donors (Lipinski definition) is 2. The molecule has 262 valence electrons.